The summed E-state index contributed by atoms with van der Waals surface area (Å²) in [5.41, 5.74) is 4.51. The van der Waals surface area contributed by atoms with Gasteiger partial charge in [-0.05, 0) is 30.7 Å². The molecule has 1 aliphatic carbocycles. The molecule has 1 heterocycles. The summed E-state index contributed by atoms with van der Waals surface area (Å²) in [7, 11) is 0. The van der Waals surface area contributed by atoms with Crippen molar-refractivity contribution in [1.82, 2.24) is 10.4 Å². The highest BCUT2D eigenvalue weighted by atomic mass is 16.2. The van der Waals surface area contributed by atoms with Gasteiger partial charge < -0.3 is 0 Å². The van der Waals surface area contributed by atoms with Gasteiger partial charge in [0.2, 0.25) is 5.91 Å². The first-order valence-corrected chi connectivity index (χ1v) is 8.45. The molecule has 1 saturated carbocycles. The van der Waals surface area contributed by atoms with Crippen molar-refractivity contribution in [2.24, 2.45) is 5.92 Å². The number of hydrogen-bond acceptors (Lipinski definition) is 2. The molecule has 1 atom stereocenters. The number of benzene rings is 1. The average Bonchev–Trinajstić information content (AvgIpc) is 3.21. The van der Waals surface area contributed by atoms with Gasteiger partial charge in [-0.1, -0.05) is 57.0 Å². The van der Waals surface area contributed by atoms with E-state index in [9.17, 15) is 4.79 Å². The monoisotopic (exact) mass is 288 g/mol. The fourth-order valence-corrected chi connectivity index (χ4v) is 3.37. The Bertz CT molecular complexity index is 426. The minimum Gasteiger partial charge on any atom is -0.273 e. The fourth-order valence-electron chi connectivity index (χ4n) is 3.37. The maximum Gasteiger partial charge on any atom is 0.237 e. The molecule has 21 heavy (non-hydrogen) atoms. The van der Waals surface area contributed by atoms with E-state index in [-0.39, 0.29) is 11.9 Å². The van der Waals surface area contributed by atoms with Gasteiger partial charge in [0, 0.05) is 13.0 Å². The van der Waals surface area contributed by atoms with E-state index in [1.54, 1.807) is 0 Å². The maximum absolute atomic E-state index is 12.4. The number of hydrazine groups is 1. The zero-order valence-electron chi connectivity index (χ0n) is 13.3. The zero-order chi connectivity index (χ0) is 15.1. The first-order chi connectivity index (χ1) is 10.3. The van der Waals surface area contributed by atoms with Gasteiger partial charge in [0.1, 0.15) is 0 Å². The lowest BCUT2D eigenvalue weighted by molar-refractivity contribution is -0.136. The molecule has 1 amide bonds. The molecule has 116 valence electrons. The Morgan fingerprint density at radius 2 is 1.81 bits per heavy atom. The molecule has 0 spiro atoms. The van der Waals surface area contributed by atoms with E-state index in [1.807, 2.05) is 37.1 Å². The van der Waals surface area contributed by atoms with Crippen molar-refractivity contribution in [3.05, 3.63) is 35.9 Å². The lowest BCUT2D eigenvalue weighted by Gasteiger charge is -2.25. The van der Waals surface area contributed by atoms with Crippen LogP contribution in [0.4, 0.5) is 0 Å². The average molecular weight is 288 g/mol. The molecule has 1 unspecified atom stereocenters. The molecular weight excluding hydrogens is 260 g/mol. The Labute approximate surface area is 128 Å². The van der Waals surface area contributed by atoms with Crippen LogP contribution in [0.3, 0.4) is 0 Å². The maximum atomic E-state index is 12.4. The standard InChI is InChI=1S/C16H22N2O.C2H6/c19-16(12-13-6-4-5-7-13)18-15(10-11-17-18)14-8-2-1-3-9-14;1-2/h1-3,8-9,13,15,17H,4-7,10-12H2;1-2H3. The van der Waals surface area contributed by atoms with Gasteiger partial charge in [0.15, 0.2) is 0 Å². The summed E-state index contributed by atoms with van der Waals surface area (Å²) in [5.74, 6) is 0.893. The van der Waals surface area contributed by atoms with Crippen LogP contribution in [0.2, 0.25) is 0 Å². The van der Waals surface area contributed by atoms with Crippen molar-refractivity contribution < 1.29 is 4.79 Å². The number of nitrogens with one attached hydrogen (secondary N) is 1. The van der Waals surface area contributed by atoms with Crippen LogP contribution < -0.4 is 5.43 Å². The Morgan fingerprint density at radius 3 is 2.48 bits per heavy atom. The number of nitrogens with zero attached hydrogens (tertiary/aromatic N) is 1. The second-order valence-electron chi connectivity index (χ2n) is 5.74. The molecule has 1 aromatic carbocycles. The summed E-state index contributed by atoms with van der Waals surface area (Å²) >= 11 is 0. The molecule has 3 rings (SSSR count). The second kappa shape index (κ2) is 8.18. The third-order valence-corrected chi connectivity index (χ3v) is 4.40. The van der Waals surface area contributed by atoms with E-state index < -0.39 is 0 Å². The van der Waals surface area contributed by atoms with Gasteiger partial charge in [-0.25, -0.2) is 5.43 Å². The molecule has 1 N–H and O–H groups in total. The molecule has 0 radical (unpaired) electrons. The number of rotatable bonds is 3. The van der Waals surface area contributed by atoms with Crippen LogP contribution in [0.5, 0.6) is 0 Å². The summed E-state index contributed by atoms with van der Waals surface area (Å²) in [4.78, 5) is 12.4. The Hall–Kier alpha value is -1.35. The highest BCUT2D eigenvalue weighted by Crippen LogP contribution is 2.31. The SMILES string of the molecule is CC.O=C(CC1CCCC1)N1NCCC1c1ccccc1. The molecule has 2 fully saturated rings. The van der Waals surface area contributed by atoms with Gasteiger partial charge in [0.25, 0.3) is 0 Å². The van der Waals surface area contributed by atoms with Crippen LogP contribution in [0.15, 0.2) is 30.3 Å². The summed E-state index contributed by atoms with van der Waals surface area (Å²) in [6.07, 6.45) is 6.79. The third-order valence-electron chi connectivity index (χ3n) is 4.40. The second-order valence-corrected chi connectivity index (χ2v) is 5.74. The lowest BCUT2D eigenvalue weighted by atomic mass is 10.0. The quantitative estimate of drug-likeness (QED) is 0.909. The Kier molecular flexibility index (Phi) is 6.24. The molecule has 1 aliphatic heterocycles. The lowest BCUT2D eigenvalue weighted by Crippen LogP contribution is -2.39. The van der Waals surface area contributed by atoms with Crippen LogP contribution in [-0.2, 0) is 4.79 Å². The van der Waals surface area contributed by atoms with Crippen molar-refractivity contribution in [2.45, 2.75) is 58.4 Å². The topological polar surface area (TPSA) is 32.3 Å². The molecule has 3 heteroatoms. The molecule has 1 saturated heterocycles. The van der Waals surface area contributed by atoms with E-state index in [4.69, 9.17) is 0 Å². The van der Waals surface area contributed by atoms with Crippen LogP contribution in [0.25, 0.3) is 0 Å². The molecule has 1 aromatic rings. The molecule has 0 bridgehead atoms. The predicted octanol–water partition coefficient (Wildman–Crippen LogP) is 4.07. The Balaban J connectivity index is 0.000000774. The van der Waals surface area contributed by atoms with Crippen molar-refractivity contribution >= 4 is 5.91 Å². The molecule has 2 aliphatic rings. The van der Waals surface area contributed by atoms with E-state index in [2.05, 4.69) is 17.6 Å². The number of carbonyl (C=O) groups is 1. The number of amides is 1. The number of hydrogen-bond donors (Lipinski definition) is 1. The summed E-state index contributed by atoms with van der Waals surface area (Å²) in [6, 6.07) is 10.6. The van der Waals surface area contributed by atoms with Gasteiger partial charge in [-0.2, -0.15) is 0 Å². The van der Waals surface area contributed by atoms with Crippen LogP contribution in [-0.4, -0.2) is 17.5 Å². The summed E-state index contributed by atoms with van der Waals surface area (Å²) in [6.45, 7) is 4.90. The van der Waals surface area contributed by atoms with Crippen molar-refractivity contribution in [3.63, 3.8) is 0 Å². The van der Waals surface area contributed by atoms with E-state index in [0.717, 1.165) is 19.4 Å². The predicted molar refractivity (Wildman–Crippen MR) is 86.6 cm³/mol. The van der Waals surface area contributed by atoms with Crippen LogP contribution in [0, 0.1) is 5.92 Å². The fraction of sp³-hybridized carbons (Fsp3) is 0.611. The summed E-state index contributed by atoms with van der Waals surface area (Å²) < 4.78 is 0. The summed E-state index contributed by atoms with van der Waals surface area (Å²) in [5, 5.41) is 1.88. The van der Waals surface area contributed by atoms with Gasteiger partial charge in [0.05, 0.1) is 6.04 Å². The first-order valence-electron chi connectivity index (χ1n) is 8.45. The van der Waals surface area contributed by atoms with Gasteiger partial charge >= 0.3 is 0 Å². The largest absolute Gasteiger partial charge is 0.273 e. The zero-order valence-corrected chi connectivity index (χ0v) is 13.3. The Morgan fingerprint density at radius 1 is 1.14 bits per heavy atom. The minimum absolute atomic E-state index is 0.218. The van der Waals surface area contributed by atoms with Crippen LogP contribution >= 0.6 is 0 Å². The van der Waals surface area contributed by atoms with E-state index >= 15 is 0 Å². The first kappa shape index (κ1) is 16.0. The minimum atomic E-state index is 0.218. The van der Waals surface area contributed by atoms with E-state index in [1.165, 1.54) is 31.2 Å². The number of carbonyl (C=O) groups excluding carboxylic acids is 1. The highest BCUT2D eigenvalue weighted by Gasteiger charge is 2.31. The van der Waals surface area contributed by atoms with Crippen LogP contribution in [0.1, 0.15) is 64.0 Å². The molecule has 0 aromatic heterocycles. The van der Waals surface area contributed by atoms with Crippen molar-refractivity contribution in [2.75, 3.05) is 6.54 Å². The smallest absolute Gasteiger partial charge is 0.237 e. The van der Waals surface area contributed by atoms with E-state index in [0.29, 0.717) is 5.92 Å². The van der Waals surface area contributed by atoms with Gasteiger partial charge in [-0.3, -0.25) is 9.80 Å². The third kappa shape index (κ3) is 4.07. The van der Waals surface area contributed by atoms with Crippen molar-refractivity contribution in [1.29, 1.82) is 0 Å². The van der Waals surface area contributed by atoms with Crippen molar-refractivity contribution in [3.8, 4) is 0 Å². The van der Waals surface area contributed by atoms with Gasteiger partial charge in [-0.15, -0.1) is 0 Å². The normalized spacial score (nSPS) is 22.0. The molecule has 3 nitrogen and oxygen atoms in total. The highest BCUT2D eigenvalue weighted by molar-refractivity contribution is 5.76. The molecular formula is C18H28N2O.